The third-order valence-corrected chi connectivity index (χ3v) is 10.9. The molecule has 3 heteroatoms. The summed E-state index contributed by atoms with van der Waals surface area (Å²) in [5.41, 5.74) is 0.817. The van der Waals surface area contributed by atoms with Gasteiger partial charge < -0.3 is 10.2 Å². The Morgan fingerprint density at radius 3 is 2.45 bits per heavy atom. The lowest BCUT2D eigenvalue weighted by Gasteiger charge is -2.60. The van der Waals surface area contributed by atoms with Crippen LogP contribution in [0.15, 0.2) is 16.6 Å². The molecule has 0 radical (unpaired) electrons. The first-order valence-corrected chi connectivity index (χ1v) is 12.9. The SMILES string of the molecule is C=N[C@]1([C@H](C)CCC(C)(C)O)CCC2C3CC=C4C[C@](C)(O)CC[C@]4(C)C3CC[C@@]21C. The van der Waals surface area contributed by atoms with Crippen LogP contribution < -0.4 is 0 Å². The second-order valence-corrected chi connectivity index (χ2v) is 13.3. The monoisotopic (exact) mass is 429 g/mol. The van der Waals surface area contributed by atoms with Crippen LogP contribution in [0.25, 0.3) is 0 Å². The maximum Gasteiger partial charge on any atom is 0.0682 e. The lowest BCUT2D eigenvalue weighted by Crippen LogP contribution is -2.56. The van der Waals surface area contributed by atoms with E-state index >= 15 is 0 Å². The Morgan fingerprint density at radius 1 is 1.13 bits per heavy atom. The summed E-state index contributed by atoms with van der Waals surface area (Å²) in [7, 11) is 0. The molecule has 4 aliphatic carbocycles. The lowest BCUT2D eigenvalue weighted by atomic mass is 9.45. The topological polar surface area (TPSA) is 52.8 Å². The van der Waals surface area contributed by atoms with E-state index in [-0.39, 0.29) is 16.4 Å². The van der Waals surface area contributed by atoms with Crippen LogP contribution in [-0.4, -0.2) is 33.7 Å². The summed E-state index contributed by atoms with van der Waals surface area (Å²) in [5, 5.41) is 21.0. The average Bonchev–Trinajstić information content (AvgIpc) is 2.99. The fraction of sp³-hybridized carbons (Fsp3) is 0.893. The van der Waals surface area contributed by atoms with E-state index in [0.717, 1.165) is 50.4 Å². The van der Waals surface area contributed by atoms with Crippen LogP contribution in [-0.2, 0) is 0 Å². The van der Waals surface area contributed by atoms with Crippen molar-refractivity contribution in [1.29, 1.82) is 0 Å². The van der Waals surface area contributed by atoms with Gasteiger partial charge in [-0.2, -0.15) is 0 Å². The zero-order valence-corrected chi connectivity index (χ0v) is 21.0. The predicted molar refractivity (Wildman–Crippen MR) is 129 cm³/mol. The Bertz CT molecular complexity index is 749. The molecule has 3 nitrogen and oxygen atoms in total. The van der Waals surface area contributed by atoms with Crippen molar-refractivity contribution in [3.63, 3.8) is 0 Å². The maximum absolute atomic E-state index is 10.7. The molecule has 176 valence electrons. The highest BCUT2D eigenvalue weighted by Crippen LogP contribution is 2.69. The van der Waals surface area contributed by atoms with Crippen molar-refractivity contribution in [1.82, 2.24) is 0 Å². The first-order chi connectivity index (χ1) is 14.3. The first kappa shape index (κ1) is 23.5. The van der Waals surface area contributed by atoms with Gasteiger partial charge in [0.05, 0.1) is 16.7 Å². The molecule has 0 aromatic rings. The minimum absolute atomic E-state index is 0.0605. The molecular formula is C28H47NO2. The summed E-state index contributed by atoms with van der Waals surface area (Å²) >= 11 is 0. The van der Waals surface area contributed by atoms with Crippen molar-refractivity contribution in [2.75, 3.05) is 0 Å². The highest BCUT2D eigenvalue weighted by atomic mass is 16.3. The number of fused-ring (bicyclic) bond motifs is 5. The first-order valence-electron chi connectivity index (χ1n) is 12.9. The van der Waals surface area contributed by atoms with Gasteiger partial charge in [0.1, 0.15) is 0 Å². The molecule has 0 aromatic heterocycles. The molecule has 0 heterocycles. The Balaban J connectivity index is 1.61. The summed E-state index contributed by atoms with van der Waals surface area (Å²) < 4.78 is 0. The number of nitrogens with zero attached hydrogens (tertiary/aromatic N) is 1. The van der Waals surface area contributed by atoms with Gasteiger partial charge in [-0.3, -0.25) is 4.99 Å². The number of hydrogen-bond acceptors (Lipinski definition) is 3. The summed E-state index contributed by atoms with van der Waals surface area (Å²) in [5.74, 6) is 2.63. The van der Waals surface area contributed by atoms with Crippen LogP contribution in [0.2, 0.25) is 0 Å². The van der Waals surface area contributed by atoms with Crippen LogP contribution >= 0.6 is 0 Å². The molecule has 4 rings (SSSR count). The fourth-order valence-corrected chi connectivity index (χ4v) is 8.89. The van der Waals surface area contributed by atoms with Crippen molar-refractivity contribution in [2.24, 2.45) is 39.5 Å². The molecular weight excluding hydrogens is 382 g/mol. The van der Waals surface area contributed by atoms with Gasteiger partial charge in [-0.1, -0.05) is 32.4 Å². The number of hydrogen-bond donors (Lipinski definition) is 2. The molecule has 3 saturated carbocycles. The van der Waals surface area contributed by atoms with Crippen LogP contribution in [0, 0.1) is 34.5 Å². The molecule has 3 fully saturated rings. The number of aliphatic imine (C=N–C) groups is 1. The molecule has 0 bridgehead atoms. The van der Waals surface area contributed by atoms with E-state index in [0.29, 0.717) is 11.8 Å². The van der Waals surface area contributed by atoms with Gasteiger partial charge >= 0.3 is 0 Å². The van der Waals surface area contributed by atoms with Gasteiger partial charge in [0.25, 0.3) is 0 Å². The van der Waals surface area contributed by atoms with Crippen molar-refractivity contribution >= 4 is 6.72 Å². The molecule has 0 aromatic carbocycles. The third-order valence-electron chi connectivity index (χ3n) is 10.9. The largest absolute Gasteiger partial charge is 0.390 e. The molecule has 31 heavy (non-hydrogen) atoms. The van der Waals surface area contributed by atoms with E-state index in [9.17, 15) is 10.2 Å². The standard InChI is InChI=1S/C28H47NO2/c1-19(10-13-24(2,3)30)28(29-7)15-12-23-21-9-8-20-18-25(4,31)16-17-26(20,5)22(21)11-14-27(23,28)6/h8,19,21-23,30-31H,7,9-18H2,1-6H3/t19-,21?,22?,23?,25-,26+,27+,28+/m1/s1. The Labute approximate surface area is 190 Å². The van der Waals surface area contributed by atoms with E-state index in [1.807, 2.05) is 20.8 Å². The van der Waals surface area contributed by atoms with E-state index in [1.165, 1.54) is 25.7 Å². The third kappa shape index (κ3) is 3.57. The van der Waals surface area contributed by atoms with Crippen LogP contribution in [0.3, 0.4) is 0 Å². The van der Waals surface area contributed by atoms with E-state index in [4.69, 9.17) is 4.99 Å². The number of aliphatic hydroxyl groups is 2. The second-order valence-electron chi connectivity index (χ2n) is 13.3. The quantitative estimate of drug-likeness (QED) is 0.396. The molecule has 2 N–H and O–H groups in total. The molecule has 0 aliphatic heterocycles. The van der Waals surface area contributed by atoms with Crippen LogP contribution in [0.5, 0.6) is 0 Å². The van der Waals surface area contributed by atoms with Crippen molar-refractivity contribution < 1.29 is 10.2 Å². The molecule has 0 spiro atoms. The predicted octanol–water partition coefficient (Wildman–Crippen LogP) is 6.33. The molecule has 4 aliphatic rings. The van der Waals surface area contributed by atoms with Crippen LogP contribution in [0.4, 0.5) is 0 Å². The maximum atomic E-state index is 10.7. The minimum atomic E-state index is -0.617. The zero-order chi connectivity index (χ0) is 22.9. The zero-order valence-electron chi connectivity index (χ0n) is 21.0. The fourth-order valence-electron chi connectivity index (χ4n) is 8.89. The van der Waals surface area contributed by atoms with Gasteiger partial charge in [-0.25, -0.2) is 0 Å². The summed E-state index contributed by atoms with van der Waals surface area (Å²) in [6.07, 6.45) is 13.4. The summed E-state index contributed by atoms with van der Waals surface area (Å²) in [6, 6.07) is 0. The molecule has 8 atom stereocenters. The van der Waals surface area contributed by atoms with Gasteiger partial charge in [-0.05, 0) is 126 Å². The van der Waals surface area contributed by atoms with Crippen LogP contribution in [0.1, 0.15) is 106 Å². The second kappa shape index (κ2) is 7.42. The van der Waals surface area contributed by atoms with Gasteiger partial charge in [0.2, 0.25) is 0 Å². The smallest absolute Gasteiger partial charge is 0.0682 e. The van der Waals surface area contributed by atoms with Crippen molar-refractivity contribution in [3.8, 4) is 0 Å². The van der Waals surface area contributed by atoms with E-state index in [1.54, 1.807) is 5.57 Å². The van der Waals surface area contributed by atoms with Crippen molar-refractivity contribution in [3.05, 3.63) is 11.6 Å². The minimum Gasteiger partial charge on any atom is -0.390 e. The lowest BCUT2D eigenvalue weighted by molar-refractivity contribution is -0.0766. The Morgan fingerprint density at radius 2 is 1.81 bits per heavy atom. The number of allylic oxidation sites excluding steroid dienone is 1. The molecule has 3 unspecified atom stereocenters. The molecule has 0 saturated heterocycles. The Kier molecular flexibility index (Phi) is 5.62. The summed E-state index contributed by atoms with van der Waals surface area (Å²) in [4.78, 5) is 4.95. The normalized spacial score (nSPS) is 48.3. The number of rotatable bonds is 5. The van der Waals surface area contributed by atoms with E-state index < -0.39 is 11.2 Å². The average molecular weight is 430 g/mol. The highest BCUT2D eigenvalue weighted by molar-refractivity contribution is 5.32. The molecule has 0 amide bonds. The Hall–Kier alpha value is -0.670. The highest BCUT2D eigenvalue weighted by Gasteiger charge is 2.65. The van der Waals surface area contributed by atoms with Gasteiger partial charge in [-0.15, -0.1) is 0 Å². The van der Waals surface area contributed by atoms with Crippen molar-refractivity contribution in [2.45, 2.75) is 122 Å². The summed E-state index contributed by atoms with van der Waals surface area (Å²) in [6.45, 7) is 17.4. The van der Waals surface area contributed by atoms with Gasteiger partial charge in [0.15, 0.2) is 0 Å². The van der Waals surface area contributed by atoms with Gasteiger partial charge in [0, 0.05) is 0 Å². The van der Waals surface area contributed by atoms with E-state index in [2.05, 4.69) is 33.6 Å².